The summed E-state index contributed by atoms with van der Waals surface area (Å²) in [5.74, 6) is 0. The third-order valence-electron chi connectivity index (χ3n) is 4.97. The Balaban J connectivity index is 0. The van der Waals surface area contributed by atoms with E-state index < -0.39 is 15.4 Å². The quantitative estimate of drug-likeness (QED) is 0.205. The molecule has 1 N–H and O–H groups in total. The van der Waals surface area contributed by atoms with E-state index in [4.69, 9.17) is 5.11 Å². The van der Waals surface area contributed by atoms with Crippen LogP contribution in [0.25, 0.3) is 0 Å². The van der Waals surface area contributed by atoms with Gasteiger partial charge >= 0.3 is 29.6 Å². The topological polar surface area (TPSA) is 77.4 Å². The SMILES string of the molecule is CCCCC(CCCCCCCCCCCCCCCO)S(=O)(=O)[O-].[Na+]. The van der Waals surface area contributed by atoms with Crippen LogP contribution in [0.15, 0.2) is 0 Å². The average molecular weight is 401 g/mol. The van der Waals surface area contributed by atoms with Gasteiger partial charge in [0.25, 0.3) is 0 Å². The van der Waals surface area contributed by atoms with Gasteiger partial charge in [-0.3, -0.25) is 0 Å². The van der Waals surface area contributed by atoms with Crippen molar-refractivity contribution >= 4 is 10.1 Å². The number of aliphatic hydroxyl groups excluding tert-OH is 1. The summed E-state index contributed by atoms with van der Waals surface area (Å²) in [6.07, 6.45) is 18.3. The molecule has 0 radical (unpaired) electrons. The zero-order valence-electron chi connectivity index (χ0n) is 17.4. The molecule has 0 aromatic carbocycles. The van der Waals surface area contributed by atoms with Crippen molar-refractivity contribution in [3.63, 3.8) is 0 Å². The third-order valence-corrected chi connectivity index (χ3v) is 6.26. The van der Waals surface area contributed by atoms with Crippen LogP contribution in [0.3, 0.4) is 0 Å². The first-order valence-electron chi connectivity index (χ1n) is 10.6. The maximum atomic E-state index is 11.2. The van der Waals surface area contributed by atoms with Crippen molar-refractivity contribution in [1.82, 2.24) is 0 Å². The summed E-state index contributed by atoms with van der Waals surface area (Å²) in [6.45, 7) is 2.35. The Labute approximate surface area is 185 Å². The second kappa shape index (κ2) is 20.6. The van der Waals surface area contributed by atoms with Gasteiger partial charge in [0.2, 0.25) is 0 Å². The Hall–Kier alpha value is 0.870. The monoisotopic (exact) mass is 400 g/mol. The van der Waals surface area contributed by atoms with Crippen LogP contribution in [-0.2, 0) is 10.1 Å². The van der Waals surface area contributed by atoms with Gasteiger partial charge in [0.05, 0.1) is 10.1 Å². The molecule has 0 rings (SSSR count). The summed E-state index contributed by atoms with van der Waals surface area (Å²) >= 11 is 0. The smallest absolute Gasteiger partial charge is 0.748 e. The van der Waals surface area contributed by atoms with Crippen LogP contribution < -0.4 is 29.6 Å². The van der Waals surface area contributed by atoms with Crippen molar-refractivity contribution in [3.8, 4) is 0 Å². The molecule has 6 heteroatoms. The molecule has 152 valence electrons. The van der Waals surface area contributed by atoms with Gasteiger partial charge in [0, 0.05) is 11.9 Å². The minimum Gasteiger partial charge on any atom is -0.748 e. The molecule has 0 amide bonds. The van der Waals surface area contributed by atoms with Crippen molar-refractivity contribution in [2.75, 3.05) is 6.61 Å². The number of hydrogen-bond acceptors (Lipinski definition) is 4. The molecule has 0 aliphatic carbocycles. The Morgan fingerprint density at radius 1 is 0.692 bits per heavy atom. The number of unbranched alkanes of at least 4 members (excludes halogenated alkanes) is 13. The summed E-state index contributed by atoms with van der Waals surface area (Å²) in [4.78, 5) is 0. The van der Waals surface area contributed by atoms with Crippen LogP contribution in [0, 0.1) is 0 Å². The molecule has 0 aromatic heterocycles. The van der Waals surface area contributed by atoms with E-state index in [1.807, 2.05) is 6.92 Å². The molecule has 1 unspecified atom stereocenters. The van der Waals surface area contributed by atoms with E-state index in [1.165, 1.54) is 51.4 Å². The van der Waals surface area contributed by atoms with Crippen LogP contribution >= 0.6 is 0 Å². The van der Waals surface area contributed by atoms with Gasteiger partial charge in [0.1, 0.15) is 0 Å². The minimum atomic E-state index is -4.12. The molecule has 0 aliphatic heterocycles. The summed E-state index contributed by atoms with van der Waals surface area (Å²) in [7, 11) is -4.12. The molecule has 0 aromatic rings. The predicted octanol–water partition coefficient (Wildman–Crippen LogP) is 2.55. The van der Waals surface area contributed by atoms with E-state index in [0.29, 0.717) is 19.4 Å². The molecule has 4 nitrogen and oxygen atoms in total. The Morgan fingerprint density at radius 3 is 1.38 bits per heavy atom. The van der Waals surface area contributed by atoms with Crippen LogP contribution in [0.4, 0.5) is 0 Å². The Bertz CT molecular complexity index is 374. The van der Waals surface area contributed by atoms with Crippen LogP contribution in [-0.4, -0.2) is 29.9 Å². The maximum Gasteiger partial charge on any atom is 1.00 e. The van der Waals surface area contributed by atoms with Crippen LogP contribution in [0.1, 0.15) is 116 Å². The summed E-state index contributed by atoms with van der Waals surface area (Å²) in [6, 6.07) is 0. The van der Waals surface area contributed by atoms with E-state index in [9.17, 15) is 13.0 Å². The van der Waals surface area contributed by atoms with E-state index >= 15 is 0 Å². The van der Waals surface area contributed by atoms with E-state index in [1.54, 1.807) is 0 Å². The first-order chi connectivity index (χ1) is 12.0. The summed E-state index contributed by atoms with van der Waals surface area (Å²) in [5, 5.41) is 8.04. The molecule has 0 saturated heterocycles. The molecule has 0 heterocycles. The summed E-state index contributed by atoms with van der Waals surface area (Å²) < 4.78 is 33.7. The first kappa shape index (κ1) is 29.1. The van der Waals surface area contributed by atoms with Gasteiger partial charge < -0.3 is 9.66 Å². The van der Waals surface area contributed by atoms with E-state index in [2.05, 4.69) is 0 Å². The van der Waals surface area contributed by atoms with Gasteiger partial charge in [0.15, 0.2) is 0 Å². The largest absolute Gasteiger partial charge is 1.00 e. The fourth-order valence-corrected chi connectivity index (χ4v) is 4.20. The van der Waals surface area contributed by atoms with E-state index in [-0.39, 0.29) is 29.6 Å². The zero-order chi connectivity index (χ0) is 18.8. The molecule has 0 fully saturated rings. The molecule has 0 saturated carbocycles. The molecule has 0 spiro atoms. The zero-order valence-corrected chi connectivity index (χ0v) is 20.2. The fourth-order valence-electron chi connectivity index (χ4n) is 3.29. The molecule has 0 aliphatic rings. The maximum absolute atomic E-state index is 11.2. The molecular formula is C20H41NaO4S. The van der Waals surface area contributed by atoms with Gasteiger partial charge in [-0.2, -0.15) is 0 Å². The molecule has 26 heavy (non-hydrogen) atoms. The summed E-state index contributed by atoms with van der Waals surface area (Å²) in [5.41, 5.74) is 0. The number of rotatable bonds is 19. The van der Waals surface area contributed by atoms with Gasteiger partial charge in [-0.15, -0.1) is 0 Å². The van der Waals surface area contributed by atoms with Crippen LogP contribution in [0.2, 0.25) is 0 Å². The minimum absolute atomic E-state index is 0. The molecule has 0 bridgehead atoms. The van der Waals surface area contributed by atoms with Crippen molar-refractivity contribution in [3.05, 3.63) is 0 Å². The Kier molecular flexibility index (Phi) is 23.0. The number of hydrogen-bond donors (Lipinski definition) is 1. The molecule has 1 atom stereocenters. The van der Waals surface area contributed by atoms with Gasteiger partial charge in [-0.1, -0.05) is 96.8 Å². The number of aliphatic hydroxyl groups is 1. The van der Waals surface area contributed by atoms with Gasteiger partial charge in [-0.05, 0) is 19.3 Å². The predicted molar refractivity (Wildman–Crippen MR) is 105 cm³/mol. The van der Waals surface area contributed by atoms with Crippen LogP contribution in [0.5, 0.6) is 0 Å². The van der Waals surface area contributed by atoms with Crippen molar-refractivity contribution in [1.29, 1.82) is 0 Å². The first-order valence-corrected chi connectivity index (χ1v) is 12.0. The molecular weight excluding hydrogens is 359 g/mol. The second-order valence-electron chi connectivity index (χ2n) is 7.37. The van der Waals surface area contributed by atoms with Crippen molar-refractivity contribution in [2.24, 2.45) is 0 Å². The second-order valence-corrected chi connectivity index (χ2v) is 9.02. The van der Waals surface area contributed by atoms with Crippen molar-refractivity contribution in [2.45, 2.75) is 121 Å². The van der Waals surface area contributed by atoms with Gasteiger partial charge in [-0.25, -0.2) is 8.42 Å². The normalized spacial score (nSPS) is 12.7. The van der Waals surface area contributed by atoms with Crippen molar-refractivity contribution < 1.29 is 47.6 Å². The third kappa shape index (κ3) is 19.6. The van der Waals surface area contributed by atoms with E-state index in [0.717, 1.165) is 44.9 Å². The standard InChI is InChI=1S/C20H42O4S.Na/c1-2-3-17-20(25(22,23)24)18-15-13-11-9-7-5-4-6-8-10-12-14-16-19-21;/h20-21H,2-19H2,1H3,(H,22,23,24);/q;+1/p-1. The fraction of sp³-hybridized carbons (Fsp3) is 1.00. The Morgan fingerprint density at radius 2 is 1.04 bits per heavy atom. The average Bonchev–Trinajstić information content (AvgIpc) is 2.56.